The zero-order chi connectivity index (χ0) is 29.0. The van der Waals surface area contributed by atoms with Gasteiger partial charge in [0.05, 0.1) is 6.20 Å². The van der Waals surface area contributed by atoms with Crippen LogP contribution in [0.25, 0.3) is 66.9 Å². The van der Waals surface area contributed by atoms with Crippen LogP contribution in [0, 0.1) is 13.1 Å². The second-order valence-electron chi connectivity index (χ2n) is 10.7. The van der Waals surface area contributed by atoms with Gasteiger partial charge in [0.15, 0.2) is 0 Å². The average molecular weight is 741 g/mol. The number of hydrogen-bond acceptors (Lipinski definition) is 0. The molecular formula is C42H30IrN-. The summed E-state index contributed by atoms with van der Waals surface area (Å²) < 4.78 is 1.88. The minimum atomic E-state index is 0. The first-order valence-corrected chi connectivity index (χ1v) is 14.5. The van der Waals surface area contributed by atoms with Gasteiger partial charge in [-0.25, -0.2) is 0 Å². The number of pyridine rings is 1. The SMILES string of the molecule is [CH2-][n+]1ccccc1-c1[c-]ccc(-c2ccc(-c3cccc(-c4cccc(-c5cccc(-c6ccccc6)c5)c4)c3)cc2)c1.[Ir]. The third-order valence-corrected chi connectivity index (χ3v) is 7.93. The van der Waals surface area contributed by atoms with Crippen LogP contribution in [0.3, 0.4) is 0 Å². The fraction of sp³-hybridized carbons (Fsp3) is 0. The molecule has 0 aliphatic carbocycles. The molecule has 44 heavy (non-hydrogen) atoms. The van der Waals surface area contributed by atoms with Gasteiger partial charge in [0.25, 0.3) is 0 Å². The van der Waals surface area contributed by atoms with Gasteiger partial charge in [-0.05, 0) is 74.3 Å². The van der Waals surface area contributed by atoms with Crippen LogP contribution in [0.15, 0.2) is 170 Å². The third kappa shape index (κ3) is 6.19. The molecule has 0 unspecified atom stereocenters. The number of benzene rings is 6. The molecule has 0 atom stereocenters. The number of rotatable bonds is 6. The van der Waals surface area contributed by atoms with Crippen molar-refractivity contribution in [2.45, 2.75) is 0 Å². The summed E-state index contributed by atoms with van der Waals surface area (Å²) in [5, 5.41) is 0. The zero-order valence-electron chi connectivity index (χ0n) is 24.2. The largest absolute Gasteiger partial charge is 0.321 e. The van der Waals surface area contributed by atoms with Crippen molar-refractivity contribution in [2.24, 2.45) is 0 Å². The van der Waals surface area contributed by atoms with Gasteiger partial charge in [-0.1, -0.05) is 127 Å². The van der Waals surface area contributed by atoms with Gasteiger partial charge in [-0.15, -0.1) is 29.8 Å². The maximum atomic E-state index is 4.11. The summed E-state index contributed by atoms with van der Waals surface area (Å²) in [6.07, 6.45) is 1.96. The molecule has 1 radical (unpaired) electrons. The van der Waals surface area contributed by atoms with E-state index < -0.39 is 0 Å². The van der Waals surface area contributed by atoms with Crippen LogP contribution in [0.4, 0.5) is 0 Å². The first kappa shape index (κ1) is 29.1. The van der Waals surface area contributed by atoms with Crippen molar-refractivity contribution >= 4 is 0 Å². The van der Waals surface area contributed by atoms with E-state index in [1.54, 1.807) is 0 Å². The molecule has 0 bridgehead atoms. The Hall–Kier alpha value is -5.01. The van der Waals surface area contributed by atoms with E-state index in [0.717, 1.165) is 16.8 Å². The van der Waals surface area contributed by atoms with Crippen molar-refractivity contribution in [1.29, 1.82) is 0 Å². The van der Waals surface area contributed by atoms with Gasteiger partial charge in [-0.2, -0.15) is 0 Å². The average Bonchev–Trinajstić information content (AvgIpc) is 3.09. The van der Waals surface area contributed by atoms with Crippen molar-refractivity contribution in [2.75, 3.05) is 0 Å². The van der Waals surface area contributed by atoms with E-state index in [1.165, 1.54) is 50.1 Å². The number of nitrogens with zero attached hydrogens (tertiary/aromatic N) is 1. The van der Waals surface area contributed by atoms with E-state index >= 15 is 0 Å². The predicted molar refractivity (Wildman–Crippen MR) is 179 cm³/mol. The Bertz CT molecular complexity index is 2030. The minimum Gasteiger partial charge on any atom is -0.321 e. The Morgan fingerprint density at radius 2 is 0.795 bits per heavy atom. The van der Waals surface area contributed by atoms with Crippen molar-refractivity contribution in [1.82, 2.24) is 0 Å². The van der Waals surface area contributed by atoms with Crippen molar-refractivity contribution in [3.8, 4) is 66.9 Å². The second kappa shape index (κ2) is 13.1. The second-order valence-corrected chi connectivity index (χ2v) is 10.7. The molecule has 0 aliphatic rings. The van der Waals surface area contributed by atoms with Crippen LogP contribution >= 0.6 is 0 Å². The Balaban J connectivity index is 0.00000343. The molecule has 7 aromatic rings. The van der Waals surface area contributed by atoms with E-state index in [4.69, 9.17) is 0 Å². The molecule has 213 valence electrons. The Morgan fingerprint density at radius 1 is 0.386 bits per heavy atom. The van der Waals surface area contributed by atoms with E-state index in [9.17, 15) is 0 Å². The van der Waals surface area contributed by atoms with Crippen LogP contribution < -0.4 is 4.57 Å². The maximum absolute atomic E-state index is 4.11. The summed E-state index contributed by atoms with van der Waals surface area (Å²) >= 11 is 0. The van der Waals surface area contributed by atoms with E-state index in [2.05, 4.69) is 159 Å². The maximum Gasteiger partial charge on any atom is 0.115 e. The number of hydrogen-bond donors (Lipinski definition) is 0. The molecule has 0 aliphatic heterocycles. The van der Waals surface area contributed by atoms with Crippen LogP contribution in [0.5, 0.6) is 0 Å². The van der Waals surface area contributed by atoms with Gasteiger partial charge in [0.2, 0.25) is 0 Å². The summed E-state index contributed by atoms with van der Waals surface area (Å²) in [5.74, 6) is 0. The molecule has 2 heteroatoms. The van der Waals surface area contributed by atoms with Crippen LogP contribution in [-0.2, 0) is 20.1 Å². The van der Waals surface area contributed by atoms with E-state index in [1.807, 2.05) is 29.0 Å². The standard InChI is InChI=1S/C42H30N.Ir/c1-43-26-6-5-21-42(43)41-20-10-15-36(30-41)33-24-22-32(23-25-33)35-14-8-17-38(28-35)40-19-9-18-39(29-40)37-16-7-13-34(27-37)31-11-3-2-4-12-31;/h2-19,21-30H,1H2;/q-1;. The van der Waals surface area contributed by atoms with Gasteiger partial charge >= 0.3 is 0 Å². The summed E-state index contributed by atoms with van der Waals surface area (Å²) in [6, 6.07) is 61.5. The fourth-order valence-electron chi connectivity index (χ4n) is 5.64. The Labute approximate surface area is 273 Å². The number of aromatic nitrogens is 1. The summed E-state index contributed by atoms with van der Waals surface area (Å²) in [6.45, 7) is 0. The molecule has 6 aromatic carbocycles. The van der Waals surface area contributed by atoms with Crippen LogP contribution in [0.1, 0.15) is 0 Å². The molecule has 0 N–H and O–H groups in total. The first-order valence-electron chi connectivity index (χ1n) is 14.5. The monoisotopic (exact) mass is 741 g/mol. The third-order valence-electron chi connectivity index (χ3n) is 7.93. The molecule has 1 heterocycles. The van der Waals surface area contributed by atoms with E-state index in [0.29, 0.717) is 0 Å². The van der Waals surface area contributed by atoms with Gasteiger partial charge in [0.1, 0.15) is 5.69 Å². The molecule has 0 spiro atoms. The molecule has 0 fully saturated rings. The Morgan fingerprint density at radius 3 is 1.30 bits per heavy atom. The van der Waals surface area contributed by atoms with Gasteiger partial charge in [-0.3, -0.25) is 0 Å². The first-order chi connectivity index (χ1) is 21.2. The predicted octanol–water partition coefficient (Wildman–Crippen LogP) is 10.4. The van der Waals surface area contributed by atoms with Crippen LogP contribution in [-0.4, -0.2) is 0 Å². The Kier molecular flexibility index (Phi) is 8.66. The van der Waals surface area contributed by atoms with E-state index in [-0.39, 0.29) is 20.1 Å². The topological polar surface area (TPSA) is 3.88 Å². The van der Waals surface area contributed by atoms with Crippen LogP contribution in [0.2, 0.25) is 0 Å². The fourth-order valence-corrected chi connectivity index (χ4v) is 5.64. The minimum absolute atomic E-state index is 0. The van der Waals surface area contributed by atoms with Crippen molar-refractivity contribution in [3.05, 3.63) is 183 Å². The molecule has 1 nitrogen and oxygen atoms in total. The summed E-state index contributed by atoms with van der Waals surface area (Å²) in [5.41, 5.74) is 14.1. The van der Waals surface area contributed by atoms with Gasteiger partial charge < -0.3 is 4.57 Å². The molecule has 1 aromatic heterocycles. The molecular weight excluding hydrogens is 711 g/mol. The summed E-state index contributed by atoms with van der Waals surface area (Å²) in [7, 11) is 4.11. The summed E-state index contributed by atoms with van der Waals surface area (Å²) in [4.78, 5) is 0. The van der Waals surface area contributed by atoms with Crippen molar-refractivity contribution in [3.63, 3.8) is 0 Å². The van der Waals surface area contributed by atoms with Gasteiger partial charge in [0, 0.05) is 27.2 Å². The normalized spacial score (nSPS) is 10.6. The van der Waals surface area contributed by atoms with Crippen molar-refractivity contribution < 1.29 is 24.7 Å². The quantitative estimate of drug-likeness (QED) is 0.118. The molecule has 0 saturated carbocycles. The molecule has 0 amide bonds. The molecule has 0 saturated heterocycles. The smallest absolute Gasteiger partial charge is 0.115 e. The molecule has 7 rings (SSSR count). The zero-order valence-corrected chi connectivity index (χ0v) is 26.5.